The molecule has 3 heterocycles. The SMILES string of the molecule is COCCOC1CCC(c2nc3c(-c4cnn(-c5ccccc5)c4)cnn3c(N)c2C(C)=O)CC1. The number of hydrogen-bond acceptors (Lipinski definition) is 7. The van der Waals surface area contributed by atoms with Gasteiger partial charge in [-0.25, -0.2) is 9.67 Å². The molecule has 0 aliphatic heterocycles. The van der Waals surface area contributed by atoms with Gasteiger partial charge in [-0.3, -0.25) is 4.79 Å². The number of Topliss-reactive ketones (excluding diaryl/α,β-unsaturated/α-hetero) is 1. The van der Waals surface area contributed by atoms with Gasteiger partial charge >= 0.3 is 0 Å². The number of carbonyl (C=O) groups excluding carboxylic acids is 1. The molecule has 1 fully saturated rings. The summed E-state index contributed by atoms with van der Waals surface area (Å²) in [6, 6.07) is 9.91. The molecule has 35 heavy (non-hydrogen) atoms. The van der Waals surface area contributed by atoms with Gasteiger partial charge in [-0.1, -0.05) is 18.2 Å². The highest BCUT2D eigenvalue weighted by atomic mass is 16.5. The number of ether oxygens (including phenoxy) is 2. The van der Waals surface area contributed by atoms with Gasteiger partial charge in [0.15, 0.2) is 11.4 Å². The van der Waals surface area contributed by atoms with Crippen LogP contribution in [0.15, 0.2) is 48.9 Å². The zero-order chi connectivity index (χ0) is 24.4. The first-order chi connectivity index (χ1) is 17.1. The fourth-order valence-electron chi connectivity index (χ4n) is 4.88. The van der Waals surface area contributed by atoms with Crippen LogP contribution in [0.2, 0.25) is 0 Å². The molecule has 0 radical (unpaired) electrons. The number of nitrogens with zero attached hydrogens (tertiary/aromatic N) is 5. The Morgan fingerprint density at radius 3 is 2.57 bits per heavy atom. The van der Waals surface area contributed by atoms with E-state index < -0.39 is 0 Å². The van der Waals surface area contributed by atoms with Crippen molar-refractivity contribution in [1.29, 1.82) is 0 Å². The van der Waals surface area contributed by atoms with Gasteiger partial charge in [0.2, 0.25) is 0 Å². The Hall–Kier alpha value is -3.56. The molecule has 0 saturated heterocycles. The quantitative estimate of drug-likeness (QED) is 0.303. The van der Waals surface area contributed by atoms with Crippen molar-refractivity contribution < 1.29 is 14.3 Å². The van der Waals surface area contributed by atoms with Crippen LogP contribution < -0.4 is 5.73 Å². The summed E-state index contributed by atoms with van der Waals surface area (Å²) in [4.78, 5) is 17.6. The van der Waals surface area contributed by atoms with E-state index in [1.807, 2.05) is 41.2 Å². The lowest BCUT2D eigenvalue weighted by Gasteiger charge is -2.29. The number of nitrogens with two attached hydrogens (primary N) is 1. The van der Waals surface area contributed by atoms with Crippen LogP contribution in [0.1, 0.15) is 54.6 Å². The first-order valence-corrected chi connectivity index (χ1v) is 12.0. The number of aromatic nitrogens is 5. The van der Waals surface area contributed by atoms with E-state index in [4.69, 9.17) is 20.2 Å². The van der Waals surface area contributed by atoms with Gasteiger partial charge < -0.3 is 15.2 Å². The summed E-state index contributed by atoms with van der Waals surface area (Å²) >= 11 is 0. The van der Waals surface area contributed by atoms with Crippen molar-refractivity contribution in [1.82, 2.24) is 24.4 Å². The molecular formula is C26H30N6O3. The van der Waals surface area contributed by atoms with E-state index >= 15 is 0 Å². The summed E-state index contributed by atoms with van der Waals surface area (Å²) in [7, 11) is 1.67. The van der Waals surface area contributed by atoms with E-state index in [2.05, 4.69) is 10.2 Å². The van der Waals surface area contributed by atoms with Gasteiger partial charge in [-0.05, 0) is 44.7 Å². The van der Waals surface area contributed by atoms with Gasteiger partial charge in [0.25, 0.3) is 0 Å². The Bertz CT molecular complexity index is 1320. The standard InChI is InChI=1S/C26H30N6O3/c1-17(33)23-24(18-8-10-21(11-9-18)35-13-12-34-2)30-26-22(15-29-32(26)25(23)27)19-14-28-31(16-19)20-6-4-3-5-7-20/h3-7,14-16,18,21H,8-13,27H2,1-2H3. The van der Waals surface area contributed by atoms with E-state index in [0.29, 0.717) is 30.2 Å². The molecule has 9 heteroatoms. The number of ketones is 1. The zero-order valence-corrected chi connectivity index (χ0v) is 20.1. The lowest BCUT2D eigenvalue weighted by Crippen LogP contribution is -2.24. The Balaban J connectivity index is 1.49. The fraction of sp³-hybridized carbons (Fsp3) is 0.385. The number of para-hydroxylation sites is 1. The lowest BCUT2D eigenvalue weighted by molar-refractivity contribution is -0.00298. The highest BCUT2D eigenvalue weighted by Crippen LogP contribution is 2.38. The summed E-state index contributed by atoms with van der Waals surface area (Å²) in [5, 5.41) is 8.98. The summed E-state index contributed by atoms with van der Waals surface area (Å²) in [5.74, 6) is 0.371. The maximum atomic E-state index is 12.6. The predicted octanol–water partition coefficient (Wildman–Crippen LogP) is 4.06. The largest absolute Gasteiger partial charge is 0.383 e. The molecule has 0 atom stereocenters. The minimum atomic E-state index is -0.0979. The summed E-state index contributed by atoms with van der Waals surface area (Å²) in [6.45, 7) is 2.72. The van der Waals surface area contributed by atoms with Crippen molar-refractivity contribution in [2.24, 2.45) is 0 Å². The van der Waals surface area contributed by atoms with Crippen molar-refractivity contribution in [3.05, 3.63) is 60.2 Å². The molecule has 9 nitrogen and oxygen atoms in total. The van der Waals surface area contributed by atoms with Gasteiger partial charge in [-0.15, -0.1) is 0 Å². The smallest absolute Gasteiger partial charge is 0.165 e. The lowest BCUT2D eigenvalue weighted by atomic mass is 9.83. The molecule has 0 unspecified atom stereocenters. The molecule has 0 spiro atoms. The Kier molecular flexibility index (Phi) is 6.61. The predicted molar refractivity (Wildman–Crippen MR) is 133 cm³/mol. The second-order valence-electron chi connectivity index (χ2n) is 8.95. The average molecular weight is 475 g/mol. The van der Waals surface area contributed by atoms with Gasteiger partial charge in [-0.2, -0.15) is 14.7 Å². The third kappa shape index (κ3) is 4.56. The second kappa shape index (κ2) is 9.97. The van der Waals surface area contributed by atoms with E-state index in [1.165, 1.54) is 6.92 Å². The van der Waals surface area contributed by atoms with E-state index in [1.54, 1.807) is 24.0 Å². The molecule has 0 amide bonds. The summed E-state index contributed by atoms with van der Waals surface area (Å²) in [5.41, 5.74) is 11.0. The summed E-state index contributed by atoms with van der Waals surface area (Å²) < 4.78 is 14.4. The van der Waals surface area contributed by atoms with Crippen LogP contribution in [0.5, 0.6) is 0 Å². The second-order valence-corrected chi connectivity index (χ2v) is 8.95. The average Bonchev–Trinajstić information content (AvgIpc) is 3.52. The molecule has 3 aromatic heterocycles. The van der Waals surface area contributed by atoms with Crippen LogP contribution in [0.25, 0.3) is 22.5 Å². The number of anilines is 1. The van der Waals surface area contributed by atoms with Crippen molar-refractivity contribution >= 4 is 17.2 Å². The molecule has 1 aliphatic carbocycles. The number of benzene rings is 1. The van der Waals surface area contributed by atoms with Crippen molar-refractivity contribution in [2.75, 3.05) is 26.1 Å². The summed E-state index contributed by atoms with van der Waals surface area (Å²) in [6.07, 6.45) is 9.28. The topological polar surface area (TPSA) is 110 Å². The van der Waals surface area contributed by atoms with Gasteiger partial charge in [0.1, 0.15) is 5.82 Å². The number of fused-ring (bicyclic) bond motifs is 1. The molecule has 2 N–H and O–H groups in total. The first-order valence-electron chi connectivity index (χ1n) is 12.0. The van der Waals surface area contributed by atoms with Crippen molar-refractivity contribution in [2.45, 2.75) is 44.6 Å². The zero-order valence-electron chi connectivity index (χ0n) is 20.1. The van der Waals surface area contributed by atoms with Gasteiger partial charge in [0.05, 0.1) is 48.7 Å². The highest BCUT2D eigenvalue weighted by molar-refractivity contribution is 6.00. The van der Waals surface area contributed by atoms with Crippen LogP contribution in [0, 0.1) is 0 Å². The van der Waals surface area contributed by atoms with Crippen LogP contribution in [-0.4, -0.2) is 56.6 Å². The third-order valence-electron chi connectivity index (χ3n) is 6.68. The maximum Gasteiger partial charge on any atom is 0.165 e. The van der Waals surface area contributed by atoms with Crippen molar-refractivity contribution in [3.8, 4) is 16.8 Å². The minimum absolute atomic E-state index is 0.0979. The third-order valence-corrected chi connectivity index (χ3v) is 6.68. The van der Waals surface area contributed by atoms with Crippen LogP contribution in [0.4, 0.5) is 5.82 Å². The molecule has 1 aromatic carbocycles. The molecule has 5 rings (SSSR count). The normalized spacial score (nSPS) is 18.2. The van der Waals surface area contributed by atoms with E-state index in [9.17, 15) is 4.79 Å². The molecule has 4 aromatic rings. The van der Waals surface area contributed by atoms with Crippen molar-refractivity contribution in [3.63, 3.8) is 0 Å². The van der Waals surface area contributed by atoms with E-state index in [0.717, 1.165) is 48.2 Å². The maximum absolute atomic E-state index is 12.6. The van der Waals surface area contributed by atoms with Crippen LogP contribution in [-0.2, 0) is 9.47 Å². The van der Waals surface area contributed by atoms with Crippen LogP contribution in [0.3, 0.4) is 0 Å². The van der Waals surface area contributed by atoms with Gasteiger partial charge in [0, 0.05) is 30.4 Å². The first kappa shape index (κ1) is 23.2. The number of nitrogen functional groups attached to an aromatic ring is 1. The van der Waals surface area contributed by atoms with Crippen LogP contribution >= 0.6 is 0 Å². The number of hydrogen-bond donors (Lipinski definition) is 1. The fourth-order valence-corrected chi connectivity index (χ4v) is 4.88. The highest BCUT2D eigenvalue weighted by Gasteiger charge is 2.29. The minimum Gasteiger partial charge on any atom is -0.383 e. The monoisotopic (exact) mass is 474 g/mol. The molecule has 1 saturated carbocycles. The number of methoxy groups -OCH3 is 1. The Labute approximate surface area is 203 Å². The Morgan fingerprint density at radius 2 is 1.86 bits per heavy atom. The Morgan fingerprint density at radius 1 is 1.09 bits per heavy atom. The molecule has 0 bridgehead atoms. The van der Waals surface area contributed by atoms with E-state index in [-0.39, 0.29) is 17.8 Å². The number of carbonyl (C=O) groups is 1. The number of rotatable bonds is 8. The molecular weight excluding hydrogens is 444 g/mol. The molecule has 1 aliphatic rings. The molecule has 182 valence electrons.